The monoisotopic (exact) mass is 399 g/mol. The van der Waals surface area contributed by atoms with Gasteiger partial charge in [0.2, 0.25) is 5.82 Å². The third kappa shape index (κ3) is 5.05. The lowest BCUT2D eigenvalue weighted by atomic mass is 10.2. The van der Waals surface area contributed by atoms with Crippen LogP contribution in [0.2, 0.25) is 0 Å². The Labute approximate surface area is 171 Å². The number of pyridine rings is 1. The van der Waals surface area contributed by atoms with Gasteiger partial charge in [0, 0.05) is 56.7 Å². The van der Waals surface area contributed by atoms with Crippen LogP contribution in [0.4, 0.5) is 34.4 Å². The second-order valence-electron chi connectivity index (χ2n) is 7.52. The van der Waals surface area contributed by atoms with Gasteiger partial charge in [-0.25, -0.2) is 4.98 Å². The largest absolute Gasteiger partial charge is 0.382 e. The molecule has 0 amide bonds. The number of nitro groups is 1. The van der Waals surface area contributed by atoms with E-state index in [2.05, 4.69) is 49.9 Å². The Bertz CT molecular complexity index is 847. The summed E-state index contributed by atoms with van der Waals surface area (Å²) in [4.78, 5) is 20.2. The second-order valence-corrected chi connectivity index (χ2v) is 7.52. The van der Waals surface area contributed by atoms with Gasteiger partial charge < -0.3 is 25.8 Å². The SMILES string of the molecule is CNc1cc(Nc2ccc(N3CCN(C)CC3)cc2)nc(NC(C)C)c1[N+](=O)[O-]. The molecule has 3 rings (SSSR count). The number of aromatic nitrogens is 1. The third-order valence-electron chi connectivity index (χ3n) is 4.88. The van der Waals surface area contributed by atoms with Crippen LogP contribution in [0.5, 0.6) is 0 Å². The van der Waals surface area contributed by atoms with Crippen LogP contribution in [-0.2, 0) is 0 Å². The summed E-state index contributed by atoms with van der Waals surface area (Å²) in [7, 11) is 3.81. The van der Waals surface area contributed by atoms with Crippen molar-refractivity contribution >= 4 is 34.4 Å². The van der Waals surface area contributed by atoms with Crippen LogP contribution in [0, 0.1) is 10.1 Å². The fraction of sp³-hybridized carbons (Fsp3) is 0.450. The fourth-order valence-corrected chi connectivity index (χ4v) is 3.32. The zero-order valence-corrected chi connectivity index (χ0v) is 17.4. The number of hydrogen-bond donors (Lipinski definition) is 3. The van der Waals surface area contributed by atoms with Gasteiger partial charge in [-0.05, 0) is 45.2 Å². The molecule has 0 aliphatic carbocycles. The summed E-state index contributed by atoms with van der Waals surface area (Å²) >= 11 is 0. The van der Waals surface area contributed by atoms with Gasteiger partial charge in [0.15, 0.2) is 0 Å². The smallest absolute Gasteiger partial charge is 0.334 e. The van der Waals surface area contributed by atoms with Gasteiger partial charge in [0.05, 0.1) is 4.92 Å². The number of hydrogen-bond acceptors (Lipinski definition) is 8. The molecule has 1 aliphatic heterocycles. The highest BCUT2D eigenvalue weighted by atomic mass is 16.6. The number of nitrogens with one attached hydrogen (secondary N) is 3. The van der Waals surface area contributed by atoms with Crippen LogP contribution in [-0.4, -0.2) is 61.1 Å². The Kier molecular flexibility index (Phi) is 6.38. The molecule has 1 fully saturated rings. The van der Waals surface area contributed by atoms with E-state index >= 15 is 0 Å². The molecule has 0 spiro atoms. The average Bonchev–Trinajstić information content (AvgIpc) is 2.68. The van der Waals surface area contributed by atoms with Crippen LogP contribution >= 0.6 is 0 Å². The molecule has 1 saturated heterocycles. The molecule has 3 N–H and O–H groups in total. The van der Waals surface area contributed by atoms with E-state index < -0.39 is 4.92 Å². The standard InChI is InChI=1S/C20H29N7O2/c1-14(2)22-20-19(27(28)29)17(21-3)13-18(24-20)23-15-5-7-16(8-6-15)26-11-9-25(4)10-12-26/h5-8,13-14H,9-12H2,1-4H3,(H3,21,22,23,24). The number of piperazine rings is 1. The molecule has 0 atom stereocenters. The van der Waals surface area contributed by atoms with Crippen LogP contribution in [0.3, 0.4) is 0 Å². The van der Waals surface area contributed by atoms with E-state index in [0.717, 1.165) is 31.9 Å². The summed E-state index contributed by atoms with van der Waals surface area (Å²) in [5.74, 6) is 0.781. The van der Waals surface area contributed by atoms with E-state index in [1.165, 1.54) is 5.69 Å². The maximum absolute atomic E-state index is 11.5. The number of likely N-dealkylation sites (N-methyl/N-ethyl adjacent to an activating group) is 1. The maximum Gasteiger partial charge on any atom is 0.334 e. The van der Waals surface area contributed by atoms with E-state index in [4.69, 9.17) is 0 Å². The predicted octanol–water partition coefficient (Wildman–Crippen LogP) is 3.35. The predicted molar refractivity (Wildman–Crippen MR) is 119 cm³/mol. The fourth-order valence-electron chi connectivity index (χ4n) is 3.32. The molecule has 1 aromatic heterocycles. The van der Waals surface area contributed by atoms with Crippen molar-refractivity contribution < 1.29 is 4.92 Å². The molecular formula is C20H29N7O2. The van der Waals surface area contributed by atoms with Crippen molar-refractivity contribution in [1.82, 2.24) is 9.88 Å². The number of rotatable bonds is 7. The first kappa shape index (κ1) is 20.7. The Morgan fingerprint density at radius 1 is 1.14 bits per heavy atom. The van der Waals surface area contributed by atoms with Crippen molar-refractivity contribution in [3.63, 3.8) is 0 Å². The Balaban J connectivity index is 1.81. The lowest BCUT2D eigenvalue weighted by Crippen LogP contribution is -2.44. The van der Waals surface area contributed by atoms with Crippen molar-refractivity contribution in [3.05, 3.63) is 40.4 Å². The van der Waals surface area contributed by atoms with E-state index in [1.807, 2.05) is 26.0 Å². The molecule has 0 radical (unpaired) electrons. The Hall–Kier alpha value is -3.07. The molecule has 9 nitrogen and oxygen atoms in total. The second kappa shape index (κ2) is 8.95. The van der Waals surface area contributed by atoms with Crippen LogP contribution < -0.4 is 20.9 Å². The first-order chi connectivity index (χ1) is 13.9. The highest BCUT2D eigenvalue weighted by Crippen LogP contribution is 2.35. The molecule has 0 bridgehead atoms. The Morgan fingerprint density at radius 3 is 2.34 bits per heavy atom. The summed E-state index contributed by atoms with van der Waals surface area (Å²) < 4.78 is 0. The third-order valence-corrected chi connectivity index (χ3v) is 4.88. The molecule has 9 heteroatoms. The lowest BCUT2D eigenvalue weighted by molar-refractivity contribution is -0.383. The van der Waals surface area contributed by atoms with Gasteiger partial charge in [-0.2, -0.15) is 0 Å². The molecule has 1 aromatic carbocycles. The van der Waals surface area contributed by atoms with Crippen LogP contribution in [0.1, 0.15) is 13.8 Å². The summed E-state index contributed by atoms with van der Waals surface area (Å²) in [6, 6.07) is 9.86. The first-order valence-electron chi connectivity index (χ1n) is 9.81. The Morgan fingerprint density at radius 2 is 1.79 bits per heavy atom. The maximum atomic E-state index is 11.5. The quantitative estimate of drug-likeness (QED) is 0.482. The molecular weight excluding hydrogens is 370 g/mol. The summed E-state index contributed by atoms with van der Waals surface area (Å²) in [6.07, 6.45) is 0. The van der Waals surface area contributed by atoms with Crippen LogP contribution in [0.15, 0.2) is 30.3 Å². The number of benzene rings is 1. The van der Waals surface area contributed by atoms with Gasteiger partial charge in [-0.15, -0.1) is 0 Å². The highest BCUT2D eigenvalue weighted by Gasteiger charge is 2.23. The zero-order valence-electron chi connectivity index (χ0n) is 17.4. The minimum Gasteiger partial charge on any atom is -0.382 e. The van der Waals surface area contributed by atoms with Gasteiger partial charge >= 0.3 is 5.69 Å². The molecule has 0 saturated carbocycles. The first-order valence-corrected chi connectivity index (χ1v) is 9.81. The van der Waals surface area contributed by atoms with Gasteiger partial charge in [0.1, 0.15) is 11.5 Å². The normalized spacial score (nSPS) is 14.7. The lowest BCUT2D eigenvalue weighted by Gasteiger charge is -2.34. The zero-order chi connectivity index (χ0) is 21.0. The van der Waals surface area contributed by atoms with Gasteiger partial charge in [-0.3, -0.25) is 10.1 Å². The van der Waals surface area contributed by atoms with Gasteiger partial charge in [-0.1, -0.05) is 0 Å². The number of anilines is 5. The summed E-state index contributed by atoms with van der Waals surface area (Å²) in [5, 5.41) is 20.7. The van der Waals surface area contributed by atoms with E-state index in [1.54, 1.807) is 13.1 Å². The molecule has 2 heterocycles. The summed E-state index contributed by atoms with van der Waals surface area (Å²) in [5.41, 5.74) is 2.42. The van der Waals surface area contributed by atoms with E-state index in [9.17, 15) is 10.1 Å². The minimum atomic E-state index is -0.418. The van der Waals surface area contributed by atoms with Crippen LogP contribution in [0.25, 0.3) is 0 Å². The van der Waals surface area contributed by atoms with Crippen molar-refractivity contribution in [2.75, 3.05) is 61.1 Å². The van der Waals surface area contributed by atoms with Crippen molar-refractivity contribution in [2.45, 2.75) is 19.9 Å². The van der Waals surface area contributed by atoms with Crippen molar-refractivity contribution in [2.24, 2.45) is 0 Å². The highest BCUT2D eigenvalue weighted by molar-refractivity contribution is 5.78. The molecule has 29 heavy (non-hydrogen) atoms. The molecule has 0 unspecified atom stereocenters. The molecule has 1 aliphatic rings. The summed E-state index contributed by atoms with van der Waals surface area (Å²) in [6.45, 7) is 7.99. The van der Waals surface area contributed by atoms with Crippen molar-refractivity contribution in [3.8, 4) is 0 Å². The topological polar surface area (TPSA) is 98.6 Å². The van der Waals surface area contributed by atoms with Crippen molar-refractivity contribution in [1.29, 1.82) is 0 Å². The van der Waals surface area contributed by atoms with E-state index in [-0.39, 0.29) is 17.5 Å². The number of nitrogens with zero attached hydrogens (tertiary/aromatic N) is 4. The minimum absolute atomic E-state index is 0.0176. The van der Waals surface area contributed by atoms with E-state index in [0.29, 0.717) is 11.5 Å². The molecule has 2 aromatic rings. The molecule has 156 valence electrons. The van der Waals surface area contributed by atoms with Gasteiger partial charge in [0.25, 0.3) is 0 Å². The average molecular weight is 399 g/mol.